The number of aromatic nitrogens is 3. The number of anilines is 1. The molecule has 0 atom stereocenters. The molecule has 1 saturated heterocycles. The van der Waals surface area contributed by atoms with Gasteiger partial charge in [0.15, 0.2) is 5.69 Å². The summed E-state index contributed by atoms with van der Waals surface area (Å²) < 4.78 is 14.8. The van der Waals surface area contributed by atoms with E-state index in [1.165, 1.54) is 12.1 Å². The van der Waals surface area contributed by atoms with Crippen LogP contribution >= 0.6 is 12.4 Å². The van der Waals surface area contributed by atoms with Crippen molar-refractivity contribution in [3.63, 3.8) is 0 Å². The molecule has 3 rings (SSSR count). The minimum Gasteiger partial charge on any atom is -0.320 e. The Morgan fingerprint density at radius 1 is 1.39 bits per heavy atom. The molecule has 1 aromatic heterocycles. The van der Waals surface area contributed by atoms with Gasteiger partial charge >= 0.3 is 0 Å². The molecule has 1 amide bonds. The molecule has 23 heavy (non-hydrogen) atoms. The third kappa shape index (κ3) is 4.05. The minimum absolute atomic E-state index is 0. The van der Waals surface area contributed by atoms with E-state index in [9.17, 15) is 9.18 Å². The van der Waals surface area contributed by atoms with E-state index in [1.54, 1.807) is 23.9 Å². The zero-order valence-corrected chi connectivity index (χ0v) is 13.6. The van der Waals surface area contributed by atoms with Crippen LogP contribution in [0.15, 0.2) is 24.4 Å². The fraction of sp³-hybridized carbons (Fsp3) is 0.400. The van der Waals surface area contributed by atoms with E-state index in [4.69, 9.17) is 0 Å². The summed E-state index contributed by atoms with van der Waals surface area (Å²) in [7, 11) is 0. The number of rotatable bonds is 3. The quantitative estimate of drug-likeness (QED) is 0.900. The molecule has 6 nitrogen and oxygen atoms in total. The predicted octanol–water partition coefficient (Wildman–Crippen LogP) is 2.32. The second kappa shape index (κ2) is 7.52. The zero-order valence-electron chi connectivity index (χ0n) is 12.8. The van der Waals surface area contributed by atoms with Crippen LogP contribution in [-0.4, -0.2) is 34.0 Å². The topological polar surface area (TPSA) is 71.8 Å². The van der Waals surface area contributed by atoms with Gasteiger partial charge in [-0.25, -0.2) is 9.07 Å². The number of carbonyl (C=O) groups excluding carboxylic acids is 1. The Balaban J connectivity index is 0.00000192. The van der Waals surface area contributed by atoms with Gasteiger partial charge in [-0.1, -0.05) is 5.21 Å². The molecule has 1 fully saturated rings. The van der Waals surface area contributed by atoms with E-state index in [0.29, 0.717) is 11.3 Å². The molecular formula is C15H19ClFN5O. The van der Waals surface area contributed by atoms with Crippen molar-refractivity contribution >= 4 is 24.0 Å². The molecule has 8 heteroatoms. The van der Waals surface area contributed by atoms with Crippen molar-refractivity contribution in [1.82, 2.24) is 20.3 Å². The minimum atomic E-state index is -0.338. The van der Waals surface area contributed by atoms with Gasteiger partial charge < -0.3 is 10.6 Å². The first-order valence-corrected chi connectivity index (χ1v) is 7.33. The van der Waals surface area contributed by atoms with E-state index in [1.807, 2.05) is 0 Å². The molecule has 0 aliphatic carbocycles. The van der Waals surface area contributed by atoms with Crippen LogP contribution in [0.1, 0.15) is 34.9 Å². The first kappa shape index (κ1) is 17.4. The van der Waals surface area contributed by atoms with Crippen LogP contribution in [0.25, 0.3) is 0 Å². The van der Waals surface area contributed by atoms with Crippen molar-refractivity contribution in [3.8, 4) is 0 Å². The lowest BCUT2D eigenvalue weighted by molar-refractivity contribution is 0.102. The Hall–Kier alpha value is -1.99. The molecule has 0 spiro atoms. The third-order valence-corrected chi connectivity index (χ3v) is 3.86. The van der Waals surface area contributed by atoms with Gasteiger partial charge in [-0.3, -0.25) is 4.79 Å². The molecule has 0 saturated carbocycles. The van der Waals surface area contributed by atoms with E-state index < -0.39 is 0 Å². The maximum atomic E-state index is 13.1. The molecule has 1 aliphatic rings. The van der Waals surface area contributed by atoms with Crippen LogP contribution in [0.3, 0.4) is 0 Å². The lowest BCUT2D eigenvalue weighted by Gasteiger charge is -2.22. The summed E-state index contributed by atoms with van der Waals surface area (Å²) in [5, 5.41) is 14.0. The summed E-state index contributed by atoms with van der Waals surface area (Å²) in [6.07, 6.45) is 3.62. The fourth-order valence-electron chi connectivity index (χ4n) is 2.58. The van der Waals surface area contributed by atoms with Gasteiger partial charge in [-0.05, 0) is 56.6 Å². The largest absolute Gasteiger partial charge is 0.320 e. The molecule has 2 heterocycles. The number of benzene rings is 1. The van der Waals surface area contributed by atoms with Crippen LogP contribution in [0, 0.1) is 12.7 Å². The van der Waals surface area contributed by atoms with Gasteiger partial charge in [-0.2, -0.15) is 0 Å². The Bertz CT molecular complexity index is 684. The summed E-state index contributed by atoms with van der Waals surface area (Å²) >= 11 is 0. The second-order valence-corrected chi connectivity index (χ2v) is 5.48. The van der Waals surface area contributed by atoms with E-state index in [0.717, 1.165) is 25.9 Å². The molecule has 2 N–H and O–H groups in total. The average Bonchev–Trinajstić information content (AvgIpc) is 3.01. The van der Waals surface area contributed by atoms with Gasteiger partial charge in [0.1, 0.15) is 5.82 Å². The van der Waals surface area contributed by atoms with Crippen molar-refractivity contribution in [3.05, 3.63) is 41.5 Å². The predicted molar refractivity (Wildman–Crippen MR) is 87.5 cm³/mol. The maximum Gasteiger partial charge on any atom is 0.277 e. The second-order valence-electron chi connectivity index (χ2n) is 5.48. The third-order valence-electron chi connectivity index (χ3n) is 3.86. The van der Waals surface area contributed by atoms with Crippen LogP contribution in [0.5, 0.6) is 0 Å². The van der Waals surface area contributed by atoms with Crippen molar-refractivity contribution < 1.29 is 9.18 Å². The lowest BCUT2D eigenvalue weighted by Crippen LogP contribution is -2.29. The molecule has 0 bridgehead atoms. The van der Waals surface area contributed by atoms with Gasteiger partial charge in [0.2, 0.25) is 0 Å². The summed E-state index contributed by atoms with van der Waals surface area (Å²) in [6, 6.07) is 4.51. The highest BCUT2D eigenvalue weighted by molar-refractivity contribution is 6.03. The number of carbonyl (C=O) groups is 1. The summed E-state index contributed by atoms with van der Waals surface area (Å²) in [5.74, 6) is -0.665. The average molecular weight is 340 g/mol. The molecule has 1 aromatic carbocycles. The maximum absolute atomic E-state index is 13.1. The summed E-state index contributed by atoms with van der Waals surface area (Å²) in [6.45, 7) is 3.63. The zero-order chi connectivity index (χ0) is 15.5. The van der Waals surface area contributed by atoms with Crippen molar-refractivity contribution in [2.24, 2.45) is 0 Å². The number of amides is 1. The molecule has 0 radical (unpaired) electrons. The van der Waals surface area contributed by atoms with Crippen molar-refractivity contribution in [2.75, 3.05) is 18.4 Å². The molecule has 2 aromatic rings. The number of nitrogens with zero attached hydrogens (tertiary/aromatic N) is 3. The number of hydrogen-bond acceptors (Lipinski definition) is 4. The highest BCUT2D eigenvalue weighted by Crippen LogP contribution is 2.19. The Morgan fingerprint density at radius 2 is 2.13 bits per heavy atom. The van der Waals surface area contributed by atoms with E-state index >= 15 is 0 Å². The highest BCUT2D eigenvalue weighted by Gasteiger charge is 2.19. The Kier molecular flexibility index (Phi) is 5.68. The number of piperidine rings is 1. The van der Waals surface area contributed by atoms with Crippen LogP contribution in [-0.2, 0) is 0 Å². The van der Waals surface area contributed by atoms with E-state index in [-0.39, 0.29) is 35.9 Å². The number of nitrogens with one attached hydrogen (secondary N) is 2. The Labute approximate surface area is 139 Å². The molecular weight excluding hydrogens is 321 g/mol. The number of hydrogen-bond donors (Lipinski definition) is 2. The van der Waals surface area contributed by atoms with Gasteiger partial charge in [0, 0.05) is 5.69 Å². The lowest BCUT2D eigenvalue weighted by atomic mass is 10.1. The number of halogens is 2. The van der Waals surface area contributed by atoms with Gasteiger partial charge in [0.25, 0.3) is 5.91 Å². The van der Waals surface area contributed by atoms with Crippen LogP contribution in [0.4, 0.5) is 10.1 Å². The normalized spacial score (nSPS) is 15.0. The van der Waals surface area contributed by atoms with Gasteiger partial charge in [0.05, 0.1) is 12.2 Å². The number of aryl methyl sites for hydroxylation is 1. The van der Waals surface area contributed by atoms with Crippen molar-refractivity contribution in [2.45, 2.75) is 25.8 Å². The summed E-state index contributed by atoms with van der Waals surface area (Å²) in [4.78, 5) is 12.2. The van der Waals surface area contributed by atoms with Crippen molar-refractivity contribution in [1.29, 1.82) is 0 Å². The van der Waals surface area contributed by atoms with Gasteiger partial charge in [-0.15, -0.1) is 17.5 Å². The monoisotopic (exact) mass is 339 g/mol. The highest BCUT2D eigenvalue weighted by atomic mass is 35.5. The van der Waals surface area contributed by atoms with Crippen LogP contribution < -0.4 is 10.6 Å². The standard InChI is InChI=1S/C15H18FN5O.ClH/c1-10-8-11(16)2-3-13(10)18-15(22)14-9-21(20-19-14)12-4-6-17-7-5-12;/h2-3,8-9,12,17H,4-7H2,1H3,(H,18,22);1H. The smallest absolute Gasteiger partial charge is 0.277 e. The molecule has 1 aliphatic heterocycles. The fourth-order valence-corrected chi connectivity index (χ4v) is 2.58. The van der Waals surface area contributed by atoms with E-state index in [2.05, 4.69) is 20.9 Å². The first-order valence-electron chi connectivity index (χ1n) is 7.33. The Morgan fingerprint density at radius 3 is 2.83 bits per heavy atom. The first-order chi connectivity index (χ1) is 10.6. The summed E-state index contributed by atoms with van der Waals surface area (Å²) in [5.41, 5.74) is 1.50. The SMILES string of the molecule is Cc1cc(F)ccc1NC(=O)c1cn(C2CCNCC2)nn1.Cl. The molecule has 124 valence electrons. The van der Waals surface area contributed by atoms with Crippen LogP contribution in [0.2, 0.25) is 0 Å². The molecule has 0 unspecified atom stereocenters.